The summed E-state index contributed by atoms with van der Waals surface area (Å²) in [6.45, 7) is 7.46. The van der Waals surface area contributed by atoms with Crippen LogP contribution in [-0.2, 0) is 0 Å². The van der Waals surface area contributed by atoms with Crippen molar-refractivity contribution in [1.29, 1.82) is 5.26 Å². The average Bonchev–Trinajstić information content (AvgIpc) is 2.27. The summed E-state index contributed by atoms with van der Waals surface area (Å²) < 4.78 is 0. The molecule has 0 aromatic carbocycles. The predicted molar refractivity (Wildman–Crippen MR) is 64.7 cm³/mol. The summed E-state index contributed by atoms with van der Waals surface area (Å²) >= 11 is 0. The summed E-state index contributed by atoms with van der Waals surface area (Å²) in [6, 6.07) is 2.95. The van der Waals surface area contributed by atoms with Gasteiger partial charge in [-0.15, -0.1) is 0 Å². The van der Waals surface area contributed by atoms with Gasteiger partial charge in [0, 0.05) is 6.04 Å². The van der Waals surface area contributed by atoms with Gasteiger partial charge in [-0.1, -0.05) is 6.92 Å². The van der Waals surface area contributed by atoms with Crippen LogP contribution in [0.15, 0.2) is 0 Å². The van der Waals surface area contributed by atoms with E-state index < -0.39 is 0 Å². The molecule has 0 aliphatic carbocycles. The fraction of sp³-hybridized carbons (Fsp3) is 0.917. The van der Waals surface area contributed by atoms with Crippen LogP contribution in [-0.4, -0.2) is 37.1 Å². The average molecular weight is 211 g/mol. The predicted octanol–water partition coefficient (Wildman–Crippen LogP) is 2.00. The molecule has 0 heterocycles. The molecule has 0 rings (SSSR count). The van der Waals surface area contributed by atoms with Crippen LogP contribution in [0.5, 0.6) is 0 Å². The largest absolute Gasteiger partial charge is 0.304 e. The van der Waals surface area contributed by atoms with Crippen LogP contribution in [0.4, 0.5) is 0 Å². The fourth-order valence-electron chi connectivity index (χ4n) is 1.45. The van der Waals surface area contributed by atoms with Crippen molar-refractivity contribution >= 4 is 0 Å². The summed E-state index contributed by atoms with van der Waals surface area (Å²) in [6.07, 6.45) is 3.14. The van der Waals surface area contributed by atoms with Gasteiger partial charge in [-0.2, -0.15) is 5.26 Å². The molecule has 0 fully saturated rings. The maximum atomic E-state index is 8.98. The van der Waals surface area contributed by atoms with Gasteiger partial charge in [0.15, 0.2) is 0 Å². The van der Waals surface area contributed by atoms with Gasteiger partial charge >= 0.3 is 0 Å². The lowest BCUT2D eigenvalue weighted by molar-refractivity contribution is 0.240. The molecule has 0 saturated carbocycles. The third kappa shape index (κ3) is 5.15. The molecule has 0 amide bonds. The van der Waals surface area contributed by atoms with Crippen molar-refractivity contribution in [3.63, 3.8) is 0 Å². The van der Waals surface area contributed by atoms with E-state index in [-0.39, 0.29) is 5.54 Å². The fourth-order valence-corrected chi connectivity index (χ4v) is 1.45. The highest BCUT2D eigenvalue weighted by Crippen LogP contribution is 2.11. The van der Waals surface area contributed by atoms with Crippen molar-refractivity contribution in [2.24, 2.45) is 0 Å². The van der Waals surface area contributed by atoms with E-state index in [2.05, 4.69) is 37.2 Å². The molecule has 2 unspecified atom stereocenters. The number of hydrogen-bond donors (Lipinski definition) is 1. The molecule has 3 heteroatoms. The van der Waals surface area contributed by atoms with Crippen molar-refractivity contribution < 1.29 is 0 Å². The molecule has 0 spiro atoms. The number of nitrogens with one attached hydrogen (secondary N) is 1. The van der Waals surface area contributed by atoms with Crippen LogP contribution >= 0.6 is 0 Å². The zero-order valence-corrected chi connectivity index (χ0v) is 10.8. The Morgan fingerprint density at radius 3 is 2.53 bits per heavy atom. The standard InChI is InChI=1S/C12H25N3/c1-6-11(2)15(5)9-7-8-12(3,10-13)14-4/h11,14H,6-9H2,1-5H3. The molecule has 0 aromatic rings. The Morgan fingerprint density at radius 1 is 1.53 bits per heavy atom. The number of nitriles is 1. The van der Waals surface area contributed by atoms with E-state index >= 15 is 0 Å². The zero-order chi connectivity index (χ0) is 11.9. The first-order chi connectivity index (χ1) is 6.99. The van der Waals surface area contributed by atoms with Crippen LogP contribution in [0.2, 0.25) is 0 Å². The van der Waals surface area contributed by atoms with Gasteiger partial charge in [-0.25, -0.2) is 0 Å². The molecule has 0 aliphatic rings. The zero-order valence-electron chi connectivity index (χ0n) is 10.8. The van der Waals surface area contributed by atoms with E-state index in [1.54, 1.807) is 0 Å². The molecule has 3 nitrogen and oxygen atoms in total. The molecule has 0 saturated heterocycles. The molecule has 0 aliphatic heterocycles. The summed E-state index contributed by atoms with van der Waals surface area (Å²) in [5.74, 6) is 0. The van der Waals surface area contributed by atoms with E-state index in [4.69, 9.17) is 5.26 Å². The molecule has 1 N–H and O–H groups in total. The first kappa shape index (κ1) is 14.4. The Balaban J connectivity index is 3.84. The summed E-state index contributed by atoms with van der Waals surface area (Å²) in [7, 11) is 4.00. The van der Waals surface area contributed by atoms with Crippen molar-refractivity contribution in [3.05, 3.63) is 0 Å². The second kappa shape index (κ2) is 6.81. The van der Waals surface area contributed by atoms with Crippen molar-refractivity contribution in [3.8, 4) is 6.07 Å². The van der Waals surface area contributed by atoms with Gasteiger partial charge in [-0.05, 0) is 53.8 Å². The van der Waals surface area contributed by atoms with E-state index in [0.717, 1.165) is 19.4 Å². The van der Waals surface area contributed by atoms with Crippen molar-refractivity contribution in [2.45, 2.75) is 51.6 Å². The third-order valence-electron chi connectivity index (χ3n) is 3.33. The van der Waals surface area contributed by atoms with Gasteiger partial charge in [0.05, 0.1) is 6.07 Å². The maximum absolute atomic E-state index is 8.98. The van der Waals surface area contributed by atoms with Crippen LogP contribution in [0.3, 0.4) is 0 Å². The minimum Gasteiger partial charge on any atom is -0.304 e. The normalized spacial score (nSPS) is 17.1. The van der Waals surface area contributed by atoms with Crippen LogP contribution in [0.25, 0.3) is 0 Å². The highest BCUT2D eigenvalue weighted by atomic mass is 15.1. The molecular formula is C12H25N3. The van der Waals surface area contributed by atoms with E-state index in [9.17, 15) is 0 Å². The van der Waals surface area contributed by atoms with E-state index in [1.807, 2.05) is 14.0 Å². The van der Waals surface area contributed by atoms with Crippen molar-refractivity contribution in [1.82, 2.24) is 10.2 Å². The Bertz CT molecular complexity index is 209. The Hall–Kier alpha value is -0.590. The van der Waals surface area contributed by atoms with Crippen molar-refractivity contribution in [2.75, 3.05) is 20.6 Å². The van der Waals surface area contributed by atoms with Gasteiger partial charge < -0.3 is 10.2 Å². The summed E-state index contributed by atoms with van der Waals surface area (Å²) in [5.41, 5.74) is -0.365. The highest BCUT2D eigenvalue weighted by Gasteiger charge is 2.20. The van der Waals surface area contributed by atoms with Crippen LogP contribution in [0, 0.1) is 11.3 Å². The van der Waals surface area contributed by atoms with Crippen LogP contribution in [0.1, 0.15) is 40.0 Å². The van der Waals surface area contributed by atoms with E-state index in [0.29, 0.717) is 6.04 Å². The topological polar surface area (TPSA) is 39.1 Å². The first-order valence-electron chi connectivity index (χ1n) is 5.79. The minimum absolute atomic E-state index is 0.365. The molecule has 0 aromatic heterocycles. The van der Waals surface area contributed by atoms with E-state index in [1.165, 1.54) is 6.42 Å². The Morgan fingerprint density at radius 2 is 2.13 bits per heavy atom. The number of nitrogens with zero attached hydrogens (tertiary/aromatic N) is 2. The smallest absolute Gasteiger partial charge is 0.103 e. The summed E-state index contributed by atoms with van der Waals surface area (Å²) in [5, 5.41) is 12.0. The third-order valence-corrected chi connectivity index (χ3v) is 3.33. The van der Waals surface area contributed by atoms with Gasteiger partial charge in [0.25, 0.3) is 0 Å². The minimum atomic E-state index is -0.365. The quantitative estimate of drug-likeness (QED) is 0.700. The lowest BCUT2D eigenvalue weighted by atomic mass is 9.98. The molecule has 88 valence electrons. The SMILES string of the molecule is CCC(C)N(C)CCCC(C)(C#N)NC. The molecule has 0 radical (unpaired) electrons. The van der Waals surface area contributed by atoms with Gasteiger partial charge in [0.2, 0.25) is 0 Å². The Labute approximate surface area is 94.5 Å². The number of hydrogen-bond acceptors (Lipinski definition) is 3. The first-order valence-corrected chi connectivity index (χ1v) is 5.79. The lowest BCUT2D eigenvalue weighted by Crippen LogP contribution is -2.39. The Kier molecular flexibility index (Phi) is 6.55. The van der Waals surface area contributed by atoms with Crippen LogP contribution < -0.4 is 5.32 Å². The monoisotopic (exact) mass is 211 g/mol. The number of rotatable bonds is 7. The molecule has 15 heavy (non-hydrogen) atoms. The van der Waals surface area contributed by atoms with Gasteiger partial charge in [0.1, 0.15) is 5.54 Å². The second-order valence-electron chi connectivity index (χ2n) is 4.54. The van der Waals surface area contributed by atoms with Gasteiger partial charge in [-0.3, -0.25) is 0 Å². The summed E-state index contributed by atoms with van der Waals surface area (Å²) in [4.78, 5) is 2.35. The molecule has 2 atom stereocenters. The molecular weight excluding hydrogens is 186 g/mol. The highest BCUT2D eigenvalue weighted by molar-refractivity contribution is 5.02. The molecule has 0 bridgehead atoms. The maximum Gasteiger partial charge on any atom is 0.103 e. The lowest BCUT2D eigenvalue weighted by Gasteiger charge is -2.26. The second-order valence-corrected chi connectivity index (χ2v) is 4.54.